The molecule has 4 heteroatoms. The van der Waals surface area contributed by atoms with Crippen LogP contribution < -0.4 is 4.90 Å². The minimum atomic E-state index is -0.220. The van der Waals surface area contributed by atoms with Crippen LogP contribution in [0.2, 0.25) is 0 Å². The standard InChI is InChI=1S/C20H30N4/c1-24(2)18-11-14-21-19(15-18)20(12-7-4-8-13-20)23-16-22-17-9-5-3-6-10-17/h11,14-15,17H,3-10,12-13H2,1-2H3. The topological polar surface area (TPSA) is 40.9 Å². The van der Waals surface area contributed by atoms with Crippen molar-refractivity contribution in [2.75, 3.05) is 19.0 Å². The van der Waals surface area contributed by atoms with Crippen molar-refractivity contribution in [3.63, 3.8) is 0 Å². The second kappa shape index (κ2) is 7.94. The lowest BCUT2D eigenvalue weighted by Gasteiger charge is -2.32. The lowest BCUT2D eigenvalue weighted by molar-refractivity contribution is 0.299. The summed E-state index contributed by atoms with van der Waals surface area (Å²) in [5.41, 5.74) is 2.05. The molecule has 3 rings (SSSR count). The molecule has 0 bridgehead atoms. The maximum Gasteiger partial charge on any atom is 0.114 e. The monoisotopic (exact) mass is 326 g/mol. The molecule has 0 N–H and O–H groups in total. The molecule has 1 heterocycles. The van der Waals surface area contributed by atoms with Crippen LogP contribution in [0.3, 0.4) is 0 Å². The van der Waals surface area contributed by atoms with Crippen molar-refractivity contribution in [2.24, 2.45) is 9.98 Å². The first-order valence-corrected chi connectivity index (χ1v) is 9.50. The van der Waals surface area contributed by atoms with Gasteiger partial charge in [0, 0.05) is 26.0 Å². The van der Waals surface area contributed by atoms with Crippen LogP contribution in [0.1, 0.15) is 69.9 Å². The van der Waals surface area contributed by atoms with E-state index in [-0.39, 0.29) is 5.54 Å². The summed E-state index contributed by atoms with van der Waals surface area (Å²) < 4.78 is 0. The van der Waals surface area contributed by atoms with Gasteiger partial charge in [-0.15, -0.1) is 0 Å². The van der Waals surface area contributed by atoms with Gasteiger partial charge in [0.1, 0.15) is 5.54 Å². The van der Waals surface area contributed by atoms with E-state index in [2.05, 4.69) is 47.1 Å². The van der Waals surface area contributed by atoms with Crippen LogP contribution in [0.4, 0.5) is 5.69 Å². The molecular formula is C20H30N4. The van der Waals surface area contributed by atoms with E-state index in [1.54, 1.807) is 0 Å². The SMILES string of the molecule is CN(C)c1ccnc(C2(N=C=NC3CCCCC3)CCCCC2)c1. The van der Waals surface area contributed by atoms with Crippen molar-refractivity contribution in [1.82, 2.24) is 4.98 Å². The Labute approximate surface area is 146 Å². The summed E-state index contributed by atoms with van der Waals surface area (Å²) in [6.07, 6.45) is 14.1. The summed E-state index contributed by atoms with van der Waals surface area (Å²) in [6, 6.07) is 7.79. The smallest absolute Gasteiger partial charge is 0.114 e. The van der Waals surface area contributed by atoms with Crippen LogP contribution in [-0.4, -0.2) is 31.1 Å². The van der Waals surface area contributed by atoms with Crippen molar-refractivity contribution in [3.8, 4) is 0 Å². The molecular weight excluding hydrogens is 296 g/mol. The summed E-state index contributed by atoms with van der Waals surface area (Å²) in [7, 11) is 4.14. The third-order valence-corrected chi connectivity index (χ3v) is 5.50. The highest BCUT2D eigenvalue weighted by molar-refractivity contribution is 5.48. The van der Waals surface area contributed by atoms with Crippen molar-refractivity contribution >= 4 is 11.7 Å². The van der Waals surface area contributed by atoms with E-state index >= 15 is 0 Å². The zero-order chi connectivity index (χ0) is 16.8. The molecule has 4 nitrogen and oxygen atoms in total. The van der Waals surface area contributed by atoms with Gasteiger partial charge < -0.3 is 4.90 Å². The Morgan fingerprint density at radius 1 is 1.08 bits per heavy atom. The fourth-order valence-corrected chi connectivity index (χ4v) is 3.93. The number of aromatic nitrogens is 1. The largest absolute Gasteiger partial charge is 0.378 e. The summed E-state index contributed by atoms with van der Waals surface area (Å²) in [5.74, 6) is 0. The van der Waals surface area contributed by atoms with Gasteiger partial charge in [-0.3, -0.25) is 4.98 Å². The Hall–Kier alpha value is -1.67. The second-order valence-corrected chi connectivity index (χ2v) is 7.52. The molecule has 2 aliphatic rings. The first-order chi connectivity index (χ1) is 11.7. The maximum absolute atomic E-state index is 4.88. The minimum Gasteiger partial charge on any atom is -0.378 e. The fraction of sp³-hybridized carbons (Fsp3) is 0.700. The fourth-order valence-electron chi connectivity index (χ4n) is 3.93. The van der Waals surface area contributed by atoms with E-state index in [0.717, 1.165) is 18.5 Å². The van der Waals surface area contributed by atoms with Crippen LogP contribution >= 0.6 is 0 Å². The molecule has 1 aromatic rings. The van der Waals surface area contributed by atoms with Gasteiger partial charge in [0.2, 0.25) is 0 Å². The van der Waals surface area contributed by atoms with Gasteiger partial charge in [-0.05, 0) is 37.8 Å². The van der Waals surface area contributed by atoms with Gasteiger partial charge in [-0.25, -0.2) is 9.98 Å². The van der Waals surface area contributed by atoms with Gasteiger partial charge in [-0.1, -0.05) is 38.5 Å². The molecule has 24 heavy (non-hydrogen) atoms. The molecule has 0 amide bonds. The first-order valence-electron chi connectivity index (χ1n) is 9.50. The summed E-state index contributed by atoms with van der Waals surface area (Å²) in [6.45, 7) is 0. The average Bonchev–Trinajstić information content (AvgIpc) is 2.63. The van der Waals surface area contributed by atoms with Gasteiger partial charge in [0.05, 0.1) is 17.7 Å². The Morgan fingerprint density at radius 2 is 1.79 bits per heavy atom. The predicted octanol–water partition coefficient (Wildman–Crippen LogP) is 4.81. The third kappa shape index (κ3) is 4.05. The number of nitrogens with zero attached hydrogens (tertiary/aromatic N) is 4. The van der Waals surface area contributed by atoms with E-state index < -0.39 is 0 Å². The zero-order valence-electron chi connectivity index (χ0n) is 15.2. The molecule has 0 aromatic carbocycles. The highest BCUT2D eigenvalue weighted by Gasteiger charge is 2.35. The van der Waals surface area contributed by atoms with Crippen LogP contribution in [0.5, 0.6) is 0 Å². The summed E-state index contributed by atoms with van der Waals surface area (Å²) in [5, 5.41) is 0. The molecule has 130 valence electrons. The van der Waals surface area contributed by atoms with Crippen LogP contribution in [0, 0.1) is 0 Å². The highest BCUT2D eigenvalue weighted by Crippen LogP contribution is 2.40. The third-order valence-electron chi connectivity index (χ3n) is 5.50. The number of hydrogen-bond donors (Lipinski definition) is 0. The molecule has 1 aromatic heterocycles. The van der Waals surface area contributed by atoms with Crippen molar-refractivity contribution < 1.29 is 0 Å². The molecule has 0 radical (unpaired) electrons. The average molecular weight is 326 g/mol. The lowest BCUT2D eigenvalue weighted by Crippen LogP contribution is -2.28. The lowest BCUT2D eigenvalue weighted by atomic mass is 9.79. The molecule has 0 atom stereocenters. The van der Waals surface area contributed by atoms with Gasteiger partial charge in [-0.2, -0.15) is 0 Å². The number of pyridine rings is 1. The molecule has 0 saturated heterocycles. The molecule has 0 aliphatic heterocycles. The number of anilines is 1. The maximum atomic E-state index is 4.88. The normalized spacial score (nSPS) is 20.9. The number of aliphatic imine (C=N–C) groups is 2. The quantitative estimate of drug-likeness (QED) is 0.745. The number of rotatable bonds is 4. The minimum absolute atomic E-state index is 0.220. The Balaban J connectivity index is 1.87. The Bertz CT molecular complexity index is 589. The van der Waals surface area contributed by atoms with E-state index in [0.29, 0.717) is 6.04 Å². The van der Waals surface area contributed by atoms with Gasteiger partial charge in [0.25, 0.3) is 0 Å². The van der Waals surface area contributed by atoms with Crippen molar-refractivity contribution in [3.05, 3.63) is 24.0 Å². The van der Waals surface area contributed by atoms with E-state index in [4.69, 9.17) is 4.99 Å². The molecule has 0 spiro atoms. The van der Waals surface area contributed by atoms with Gasteiger partial charge in [0.15, 0.2) is 0 Å². The second-order valence-electron chi connectivity index (χ2n) is 7.52. The van der Waals surface area contributed by atoms with Crippen LogP contribution in [-0.2, 0) is 5.54 Å². The van der Waals surface area contributed by atoms with E-state index in [1.807, 2.05) is 6.20 Å². The Morgan fingerprint density at radius 3 is 2.50 bits per heavy atom. The molecule has 0 unspecified atom stereocenters. The van der Waals surface area contributed by atoms with Crippen LogP contribution in [0.25, 0.3) is 0 Å². The van der Waals surface area contributed by atoms with Crippen LogP contribution in [0.15, 0.2) is 28.3 Å². The highest BCUT2D eigenvalue weighted by atomic mass is 15.1. The van der Waals surface area contributed by atoms with Crippen molar-refractivity contribution in [2.45, 2.75) is 75.8 Å². The van der Waals surface area contributed by atoms with Crippen molar-refractivity contribution in [1.29, 1.82) is 0 Å². The summed E-state index contributed by atoms with van der Waals surface area (Å²) in [4.78, 5) is 16.3. The van der Waals surface area contributed by atoms with E-state index in [1.165, 1.54) is 57.1 Å². The molecule has 2 aliphatic carbocycles. The predicted molar refractivity (Wildman–Crippen MR) is 100 cm³/mol. The Kier molecular flexibility index (Phi) is 5.68. The van der Waals surface area contributed by atoms with Gasteiger partial charge >= 0.3 is 0 Å². The first kappa shape index (κ1) is 17.2. The van der Waals surface area contributed by atoms with E-state index in [9.17, 15) is 0 Å². The zero-order valence-corrected chi connectivity index (χ0v) is 15.2. The molecule has 2 saturated carbocycles. The number of hydrogen-bond acceptors (Lipinski definition) is 4. The molecule has 2 fully saturated rings. The summed E-state index contributed by atoms with van der Waals surface area (Å²) >= 11 is 0.